The molecule has 14 heavy (non-hydrogen) atoms. The standard InChI is InChI=1S/C12H14O2/c13-9-11-7-4-8-14-12(11)10-5-2-1-3-6-10/h1-3,5-6,9,11-12H,4,7-8H2/t11-,12-/m0/s1. The van der Waals surface area contributed by atoms with Gasteiger partial charge >= 0.3 is 0 Å². The van der Waals surface area contributed by atoms with E-state index in [9.17, 15) is 4.79 Å². The molecule has 2 rings (SSSR count). The van der Waals surface area contributed by atoms with Crippen LogP contribution in [0.1, 0.15) is 24.5 Å². The quantitative estimate of drug-likeness (QED) is 0.669. The lowest BCUT2D eigenvalue weighted by Crippen LogP contribution is -2.23. The molecule has 1 aromatic rings. The maximum Gasteiger partial charge on any atom is 0.126 e. The van der Waals surface area contributed by atoms with E-state index in [1.165, 1.54) is 0 Å². The Hall–Kier alpha value is -1.15. The second-order valence-electron chi connectivity index (χ2n) is 3.64. The predicted octanol–water partition coefficient (Wildman–Crippen LogP) is 2.35. The summed E-state index contributed by atoms with van der Waals surface area (Å²) in [6.07, 6.45) is 2.94. The van der Waals surface area contributed by atoms with Crippen LogP contribution in [-0.2, 0) is 9.53 Å². The highest BCUT2D eigenvalue weighted by Gasteiger charge is 2.26. The molecule has 1 fully saturated rings. The predicted molar refractivity (Wildman–Crippen MR) is 53.9 cm³/mol. The third kappa shape index (κ3) is 1.85. The Balaban J connectivity index is 2.19. The molecule has 1 aliphatic heterocycles. The summed E-state index contributed by atoms with van der Waals surface area (Å²) in [7, 11) is 0. The molecule has 0 saturated carbocycles. The van der Waals surface area contributed by atoms with Crippen LogP contribution in [0.25, 0.3) is 0 Å². The molecule has 1 heterocycles. The SMILES string of the molecule is O=C[C@@H]1CCCO[C@H]1c1ccccc1. The van der Waals surface area contributed by atoms with Gasteiger partial charge in [0.15, 0.2) is 0 Å². The minimum atomic E-state index is -0.0255. The molecule has 1 aromatic carbocycles. The zero-order valence-electron chi connectivity index (χ0n) is 8.06. The van der Waals surface area contributed by atoms with Gasteiger partial charge in [0.1, 0.15) is 6.29 Å². The van der Waals surface area contributed by atoms with Crippen molar-refractivity contribution >= 4 is 6.29 Å². The molecule has 0 spiro atoms. The molecule has 74 valence electrons. The maximum atomic E-state index is 10.9. The normalized spacial score (nSPS) is 27.1. The van der Waals surface area contributed by atoms with Crippen molar-refractivity contribution < 1.29 is 9.53 Å². The van der Waals surface area contributed by atoms with Crippen molar-refractivity contribution in [2.45, 2.75) is 18.9 Å². The van der Waals surface area contributed by atoms with Gasteiger partial charge in [-0.1, -0.05) is 30.3 Å². The molecule has 1 saturated heterocycles. The fourth-order valence-electron chi connectivity index (χ4n) is 1.93. The van der Waals surface area contributed by atoms with E-state index in [2.05, 4.69) is 0 Å². The zero-order chi connectivity index (χ0) is 9.80. The smallest absolute Gasteiger partial charge is 0.126 e. The van der Waals surface area contributed by atoms with Crippen molar-refractivity contribution in [2.24, 2.45) is 5.92 Å². The van der Waals surface area contributed by atoms with Crippen LogP contribution >= 0.6 is 0 Å². The molecule has 2 atom stereocenters. The molecule has 2 nitrogen and oxygen atoms in total. The zero-order valence-corrected chi connectivity index (χ0v) is 8.06. The van der Waals surface area contributed by atoms with Gasteiger partial charge in [-0.3, -0.25) is 0 Å². The molecule has 0 radical (unpaired) electrons. The third-order valence-electron chi connectivity index (χ3n) is 2.67. The second kappa shape index (κ2) is 4.38. The van der Waals surface area contributed by atoms with Gasteiger partial charge in [-0.15, -0.1) is 0 Å². The van der Waals surface area contributed by atoms with E-state index in [4.69, 9.17) is 4.74 Å². The summed E-state index contributed by atoms with van der Waals surface area (Å²) in [6.45, 7) is 0.768. The summed E-state index contributed by atoms with van der Waals surface area (Å²) in [5, 5.41) is 0. The first-order chi connectivity index (χ1) is 6.92. The van der Waals surface area contributed by atoms with E-state index in [1.54, 1.807) is 0 Å². The highest BCUT2D eigenvalue weighted by atomic mass is 16.5. The Morgan fingerprint density at radius 3 is 2.79 bits per heavy atom. The van der Waals surface area contributed by atoms with E-state index >= 15 is 0 Å². The van der Waals surface area contributed by atoms with Crippen LogP contribution in [0.15, 0.2) is 30.3 Å². The molecule has 0 bridgehead atoms. The van der Waals surface area contributed by atoms with E-state index in [0.29, 0.717) is 0 Å². The van der Waals surface area contributed by atoms with Gasteiger partial charge in [0, 0.05) is 12.5 Å². The summed E-state index contributed by atoms with van der Waals surface area (Å²) in [6, 6.07) is 9.98. The van der Waals surface area contributed by atoms with Crippen molar-refractivity contribution in [1.29, 1.82) is 0 Å². The Kier molecular flexibility index (Phi) is 2.94. The number of benzene rings is 1. The van der Waals surface area contributed by atoms with E-state index in [1.807, 2.05) is 30.3 Å². The Morgan fingerprint density at radius 2 is 2.07 bits per heavy atom. The minimum absolute atomic E-state index is 0.0255. The first-order valence-corrected chi connectivity index (χ1v) is 5.03. The van der Waals surface area contributed by atoms with Gasteiger partial charge in [0.05, 0.1) is 6.10 Å². The molecule has 0 amide bonds. The number of rotatable bonds is 2. The van der Waals surface area contributed by atoms with Crippen molar-refractivity contribution in [3.8, 4) is 0 Å². The first kappa shape index (κ1) is 9.41. The molecule has 2 heteroatoms. The Morgan fingerprint density at radius 1 is 1.29 bits per heavy atom. The third-order valence-corrected chi connectivity index (χ3v) is 2.67. The fraction of sp³-hybridized carbons (Fsp3) is 0.417. The van der Waals surface area contributed by atoms with Crippen molar-refractivity contribution in [3.63, 3.8) is 0 Å². The fourth-order valence-corrected chi connectivity index (χ4v) is 1.93. The number of carbonyl (C=O) groups excluding carboxylic acids is 1. The average Bonchev–Trinajstić information content (AvgIpc) is 2.30. The van der Waals surface area contributed by atoms with Crippen LogP contribution in [-0.4, -0.2) is 12.9 Å². The summed E-state index contributed by atoms with van der Waals surface area (Å²) < 4.78 is 5.64. The topological polar surface area (TPSA) is 26.3 Å². The van der Waals surface area contributed by atoms with Crippen molar-refractivity contribution in [3.05, 3.63) is 35.9 Å². The monoisotopic (exact) mass is 190 g/mol. The molecule has 0 N–H and O–H groups in total. The summed E-state index contributed by atoms with van der Waals surface area (Å²) in [4.78, 5) is 10.9. The minimum Gasteiger partial charge on any atom is -0.373 e. The summed E-state index contributed by atoms with van der Waals surface area (Å²) >= 11 is 0. The Labute approximate surface area is 83.9 Å². The van der Waals surface area contributed by atoms with Gasteiger partial charge in [-0.2, -0.15) is 0 Å². The van der Waals surface area contributed by atoms with Crippen LogP contribution < -0.4 is 0 Å². The van der Waals surface area contributed by atoms with E-state index < -0.39 is 0 Å². The van der Waals surface area contributed by atoms with Gasteiger partial charge < -0.3 is 9.53 Å². The van der Waals surface area contributed by atoms with E-state index in [0.717, 1.165) is 31.3 Å². The lowest BCUT2D eigenvalue weighted by molar-refractivity contribution is -0.120. The lowest BCUT2D eigenvalue weighted by atomic mass is 9.91. The number of hydrogen-bond acceptors (Lipinski definition) is 2. The highest BCUT2D eigenvalue weighted by molar-refractivity contribution is 5.55. The maximum absolute atomic E-state index is 10.9. The van der Waals surface area contributed by atoms with Crippen LogP contribution in [0.3, 0.4) is 0 Å². The molecular formula is C12H14O2. The van der Waals surface area contributed by atoms with Gasteiger partial charge in [0.2, 0.25) is 0 Å². The highest BCUT2D eigenvalue weighted by Crippen LogP contribution is 2.31. The average molecular weight is 190 g/mol. The van der Waals surface area contributed by atoms with E-state index in [-0.39, 0.29) is 12.0 Å². The largest absolute Gasteiger partial charge is 0.373 e. The Bertz CT molecular complexity index is 294. The van der Waals surface area contributed by atoms with Gasteiger partial charge in [0.25, 0.3) is 0 Å². The number of hydrogen-bond donors (Lipinski definition) is 0. The van der Waals surface area contributed by atoms with Crippen LogP contribution in [0.2, 0.25) is 0 Å². The second-order valence-corrected chi connectivity index (χ2v) is 3.64. The van der Waals surface area contributed by atoms with Crippen LogP contribution in [0.4, 0.5) is 0 Å². The van der Waals surface area contributed by atoms with Crippen LogP contribution in [0.5, 0.6) is 0 Å². The molecule has 0 aromatic heterocycles. The molecule has 0 unspecified atom stereocenters. The van der Waals surface area contributed by atoms with Gasteiger partial charge in [-0.05, 0) is 18.4 Å². The number of aldehydes is 1. The summed E-state index contributed by atoms with van der Waals surface area (Å²) in [5.74, 6) is 0.0335. The lowest BCUT2D eigenvalue weighted by Gasteiger charge is -2.28. The van der Waals surface area contributed by atoms with Gasteiger partial charge in [-0.25, -0.2) is 0 Å². The number of ether oxygens (including phenoxy) is 1. The molecule has 0 aliphatic carbocycles. The molecule has 1 aliphatic rings. The van der Waals surface area contributed by atoms with Crippen molar-refractivity contribution in [2.75, 3.05) is 6.61 Å². The molecular weight excluding hydrogens is 176 g/mol. The number of carbonyl (C=O) groups is 1. The first-order valence-electron chi connectivity index (χ1n) is 5.03. The summed E-state index contributed by atoms with van der Waals surface area (Å²) in [5.41, 5.74) is 1.12. The van der Waals surface area contributed by atoms with Crippen LogP contribution in [0, 0.1) is 5.92 Å². The van der Waals surface area contributed by atoms with Crippen molar-refractivity contribution in [1.82, 2.24) is 0 Å².